The SMILES string of the molecule is O=C(Nc1cccc2ccccc12)N1CCC(Oc2ncccc2Br)C1. The minimum absolute atomic E-state index is 0.0560. The summed E-state index contributed by atoms with van der Waals surface area (Å²) in [7, 11) is 0. The number of rotatable bonds is 3. The third kappa shape index (κ3) is 3.51. The molecule has 0 bridgehead atoms. The average Bonchev–Trinajstić information content (AvgIpc) is 3.13. The number of amides is 2. The maximum atomic E-state index is 12.7. The minimum Gasteiger partial charge on any atom is -0.472 e. The molecule has 0 saturated carbocycles. The Hall–Kier alpha value is -2.60. The quantitative estimate of drug-likeness (QED) is 0.680. The topological polar surface area (TPSA) is 54.5 Å². The van der Waals surface area contributed by atoms with E-state index in [1.54, 1.807) is 11.1 Å². The number of ether oxygens (including phenoxy) is 1. The molecule has 26 heavy (non-hydrogen) atoms. The third-order valence-electron chi connectivity index (χ3n) is 4.47. The van der Waals surface area contributed by atoms with Gasteiger partial charge < -0.3 is 15.0 Å². The summed E-state index contributed by atoms with van der Waals surface area (Å²) in [5.41, 5.74) is 0.824. The molecule has 1 aromatic heterocycles. The fourth-order valence-electron chi connectivity index (χ4n) is 3.15. The smallest absolute Gasteiger partial charge is 0.321 e. The lowest BCUT2D eigenvalue weighted by atomic mass is 10.1. The van der Waals surface area contributed by atoms with Crippen LogP contribution in [0.15, 0.2) is 65.3 Å². The van der Waals surface area contributed by atoms with E-state index in [0.717, 1.165) is 27.4 Å². The van der Waals surface area contributed by atoms with Crippen LogP contribution in [-0.4, -0.2) is 35.1 Å². The van der Waals surface area contributed by atoms with Crippen LogP contribution in [0.5, 0.6) is 5.88 Å². The van der Waals surface area contributed by atoms with E-state index in [2.05, 4.69) is 26.2 Å². The summed E-state index contributed by atoms with van der Waals surface area (Å²) in [6.45, 7) is 1.20. The first kappa shape index (κ1) is 16.8. The van der Waals surface area contributed by atoms with Gasteiger partial charge in [0.15, 0.2) is 0 Å². The lowest BCUT2D eigenvalue weighted by molar-refractivity contribution is 0.189. The van der Waals surface area contributed by atoms with Crippen molar-refractivity contribution in [2.24, 2.45) is 0 Å². The number of carbonyl (C=O) groups excluding carboxylic acids is 1. The molecule has 1 atom stereocenters. The second-order valence-corrected chi connectivity index (χ2v) is 7.08. The molecule has 0 aliphatic carbocycles. The molecule has 4 rings (SSSR count). The van der Waals surface area contributed by atoms with Crippen molar-refractivity contribution >= 4 is 38.4 Å². The van der Waals surface area contributed by atoms with Crippen molar-refractivity contribution in [3.8, 4) is 5.88 Å². The monoisotopic (exact) mass is 411 g/mol. The highest BCUT2D eigenvalue weighted by Crippen LogP contribution is 2.26. The lowest BCUT2D eigenvalue weighted by Gasteiger charge is -2.18. The molecular formula is C20H18BrN3O2. The van der Waals surface area contributed by atoms with Crippen molar-refractivity contribution in [2.45, 2.75) is 12.5 Å². The van der Waals surface area contributed by atoms with E-state index in [4.69, 9.17) is 4.74 Å². The number of hydrogen-bond acceptors (Lipinski definition) is 3. The Bertz CT molecular complexity index is 942. The molecule has 0 spiro atoms. The van der Waals surface area contributed by atoms with Gasteiger partial charge in [-0.15, -0.1) is 0 Å². The van der Waals surface area contributed by atoms with Crippen LogP contribution < -0.4 is 10.1 Å². The Morgan fingerprint density at radius 2 is 2.00 bits per heavy atom. The molecule has 1 aliphatic rings. The summed E-state index contributed by atoms with van der Waals surface area (Å²) < 4.78 is 6.75. The van der Waals surface area contributed by atoms with Crippen molar-refractivity contribution in [1.29, 1.82) is 0 Å². The molecule has 1 unspecified atom stereocenters. The van der Waals surface area contributed by atoms with Crippen molar-refractivity contribution < 1.29 is 9.53 Å². The standard InChI is InChI=1S/C20H18BrN3O2/c21-17-8-4-11-22-19(17)26-15-10-12-24(13-15)20(25)23-18-9-3-6-14-5-1-2-7-16(14)18/h1-9,11,15H,10,12-13H2,(H,23,25). The van der Waals surface area contributed by atoms with Crippen molar-refractivity contribution in [3.05, 3.63) is 65.3 Å². The van der Waals surface area contributed by atoms with Gasteiger partial charge in [-0.05, 0) is 39.5 Å². The van der Waals surface area contributed by atoms with Gasteiger partial charge in [-0.2, -0.15) is 0 Å². The number of aromatic nitrogens is 1. The Balaban J connectivity index is 1.42. The van der Waals surface area contributed by atoms with Crippen LogP contribution in [0.25, 0.3) is 10.8 Å². The molecular weight excluding hydrogens is 394 g/mol. The Morgan fingerprint density at radius 1 is 1.15 bits per heavy atom. The van der Waals surface area contributed by atoms with Gasteiger partial charge in [0.2, 0.25) is 5.88 Å². The summed E-state index contributed by atoms with van der Waals surface area (Å²) in [5, 5.41) is 5.17. The third-order valence-corrected chi connectivity index (χ3v) is 5.07. The van der Waals surface area contributed by atoms with Crippen LogP contribution in [0.3, 0.4) is 0 Å². The molecule has 2 amide bonds. The van der Waals surface area contributed by atoms with Crippen LogP contribution >= 0.6 is 15.9 Å². The van der Waals surface area contributed by atoms with E-state index in [0.29, 0.717) is 19.0 Å². The molecule has 0 radical (unpaired) electrons. The molecule has 1 fully saturated rings. The number of halogens is 1. The van der Waals surface area contributed by atoms with Gasteiger partial charge in [0.05, 0.1) is 16.7 Å². The number of anilines is 1. The van der Waals surface area contributed by atoms with E-state index in [9.17, 15) is 4.79 Å². The summed E-state index contributed by atoms with van der Waals surface area (Å²) in [4.78, 5) is 18.7. The number of nitrogens with one attached hydrogen (secondary N) is 1. The number of fused-ring (bicyclic) bond motifs is 1. The molecule has 1 saturated heterocycles. The molecule has 6 heteroatoms. The van der Waals surface area contributed by atoms with E-state index in [1.807, 2.05) is 54.6 Å². The van der Waals surface area contributed by atoms with E-state index in [1.165, 1.54) is 0 Å². The molecule has 2 aromatic carbocycles. The summed E-state index contributed by atoms with van der Waals surface area (Å²) in [6.07, 6.45) is 2.42. The number of likely N-dealkylation sites (tertiary alicyclic amines) is 1. The molecule has 2 heterocycles. The zero-order valence-electron chi connectivity index (χ0n) is 14.1. The number of pyridine rings is 1. The molecule has 1 N–H and O–H groups in total. The van der Waals surface area contributed by atoms with Gasteiger partial charge >= 0.3 is 6.03 Å². The highest BCUT2D eigenvalue weighted by molar-refractivity contribution is 9.10. The Kier molecular flexibility index (Phi) is 4.75. The Morgan fingerprint density at radius 3 is 2.88 bits per heavy atom. The van der Waals surface area contributed by atoms with E-state index in [-0.39, 0.29) is 12.1 Å². The fraction of sp³-hybridized carbons (Fsp3) is 0.200. The van der Waals surface area contributed by atoms with Gasteiger partial charge in [0.25, 0.3) is 0 Å². The summed E-state index contributed by atoms with van der Waals surface area (Å²) in [5.74, 6) is 0.564. The van der Waals surface area contributed by atoms with Crippen molar-refractivity contribution in [2.75, 3.05) is 18.4 Å². The van der Waals surface area contributed by atoms with Gasteiger partial charge in [-0.25, -0.2) is 9.78 Å². The van der Waals surface area contributed by atoms with Crippen LogP contribution in [0.4, 0.5) is 10.5 Å². The predicted molar refractivity (Wildman–Crippen MR) is 106 cm³/mol. The second-order valence-electron chi connectivity index (χ2n) is 6.22. The molecule has 5 nitrogen and oxygen atoms in total. The molecule has 132 valence electrons. The molecule has 1 aliphatic heterocycles. The Labute approximate surface area is 160 Å². The van der Waals surface area contributed by atoms with Crippen molar-refractivity contribution in [1.82, 2.24) is 9.88 Å². The van der Waals surface area contributed by atoms with E-state index < -0.39 is 0 Å². The number of hydrogen-bond donors (Lipinski definition) is 1. The lowest BCUT2D eigenvalue weighted by Crippen LogP contribution is -2.34. The minimum atomic E-state index is -0.104. The number of urea groups is 1. The average molecular weight is 412 g/mol. The predicted octanol–water partition coefficient (Wildman–Crippen LogP) is 4.68. The summed E-state index contributed by atoms with van der Waals surface area (Å²) in [6, 6.07) is 17.6. The highest BCUT2D eigenvalue weighted by atomic mass is 79.9. The maximum absolute atomic E-state index is 12.7. The van der Waals surface area contributed by atoms with Gasteiger partial charge in [-0.3, -0.25) is 0 Å². The largest absolute Gasteiger partial charge is 0.472 e. The second kappa shape index (κ2) is 7.33. The zero-order valence-corrected chi connectivity index (χ0v) is 15.6. The number of nitrogens with zero attached hydrogens (tertiary/aromatic N) is 2. The maximum Gasteiger partial charge on any atom is 0.321 e. The van der Waals surface area contributed by atoms with Crippen LogP contribution in [0, 0.1) is 0 Å². The van der Waals surface area contributed by atoms with Crippen LogP contribution in [0.1, 0.15) is 6.42 Å². The normalized spacial score (nSPS) is 16.7. The molecule has 3 aromatic rings. The van der Waals surface area contributed by atoms with Gasteiger partial charge in [0.1, 0.15) is 6.10 Å². The van der Waals surface area contributed by atoms with Crippen LogP contribution in [-0.2, 0) is 0 Å². The fourth-order valence-corrected chi connectivity index (χ4v) is 3.50. The van der Waals surface area contributed by atoms with E-state index >= 15 is 0 Å². The van der Waals surface area contributed by atoms with Gasteiger partial charge in [-0.1, -0.05) is 36.4 Å². The number of benzene rings is 2. The zero-order chi connectivity index (χ0) is 17.9. The summed E-state index contributed by atoms with van der Waals surface area (Å²) >= 11 is 3.43. The van der Waals surface area contributed by atoms with Gasteiger partial charge in [0, 0.05) is 24.5 Å². The first-order valence-electron chi connectivity index (χ1n) is 8.51. The van der Waals surface area contributed by atoms with Crippen molar-refractivity contribution in [3.63, 3.8) is 0 Å². The van der Waals surface area contributed by atoms with Crippen LogP contribution in [0.2, 0.25) is 0 Å². The first-order valence-corrected chi connectivity index (χ1v) is 9.31. The number of carbonyl (C=O) groups is 1. The first-order chi connectivity index (χ1) is 12.7. The highest BCUT2D eigenvalue weighted by Gasteiger charge is 2.28.